The van der Waals surface area contributed by atoms with Crippen LogP contribution in [-0.2, 0) is 18.4 Å². The molecule has 0 fully saturated rings. The quantitative estimate of drug-likeness (QED) is 0.780. The van der Waals surface area contributed by atoms with Crippen LogP contribution in [0.4, 0.5) is 10.1 Å². The summed E-state index contributed by atoms with van der Waals surface area (Å²) in [7, 11) is 1.69. The van der Waals surface area contributed by atoms with Crippen LogP contribution in [0.5, 0.6) is 0 Å². The highest BCUT2D eigenvalue weighted by Gasteiger charge is 2.11. The summed E-state index contributed by atoms with van der Waals surface area (Å²) < 4.78 is 16.4. The first-order valence-corrected chi connectivity index (χ1v) is 7.45. The molecule has 0 aliphatic carbocycles. The van der Waals surface area contributed by atoms with E-state index in [-0.39, 0.29) is 24.2 Å². The minimum absolute atomic E-state index is 0.000633. The van der Waals surface area contributed by atoms with E-state index in [2.05, 4.69) is 15.4 Å². The number of fused-ring (bicyclic) bond motifs is 1. The van der Waals surface area contributed by atoms with Crippen LogP contribution in [-0.4, -0.2) is 25.2 Å². The Kier molecular flexibility index (Phi) is 4.30. The van der Waals surface area contributed by atoms with E-state index < -0.39 is 11.7 Å². The van der Waals surface area contributed by atoms with Crippen LogP contribution in [0, 0.1) is 5.82 Å². The van der Waals surface area contributed by atoms with Crippen LogP contribution in [0.3, 0.4) is 0 Å². The molecule has 0 bridgehead atoms. The number of halogens is 2. The number of aromatic nitrogens is 4. The molecule has 1 amide bonds. The molecular weight excluding hydrogens is 337 g/mol. The van der Waals surface area contributed by atoms with Crippen molar-refractivity contribution in [1.29, 1.82) is 0 Å². The van der Waals surface area contributed by atoms with E-state index in [1.54, 1.807) is 7.05 Å². The lowest BCUT2D eigenvalue weighted by molar-refractivity contribution is -0.116. The molecule has 1 N–H and O–H groups in total. The Labute approximate surface area is 140 Å². The van der Waals surface area contributed by atoms with E-state index in [4.69, 9.17) is 11.6 Å². The Hall–Kier alpha value is -2.74. The second-order valence-electron chi connectivity index (χ2n) is 5.17. The third-order valence-corrected chi connectivity index (χ3v) is 3.74. The lowest BCUT2D eigenvalue weighted by Crippen LogP contribution is -2.23. The van der Waals surface area contributed by atoms with Gasteiger partial charge in [0.2, 0.25) is 5.91 Å². The zero-order valence-corrected chi connectivity index (χ0v) is 13.4. The number of hydrogen-bond acceptors (Lipinski definition) is 4. The molecule has 2 heterocycles. The summed E-state index contributed by atoms with van der Waals surface area (Å²) in [5.41, 5.74) is 0.192. The molecule has 1 aromatic carbocycles. The summed E-state index contributed by atoms with van der Waals surface area (Å²) in [6.45, 7) is 0.116. The molecule has 3 rings (SSSR count). The molecule has 0 atom stereocenters. The van der Waals surface area contributed by atoms with Crippen LogP contribution in [0.25, 0.3) is 11.0 Å². The average Bonchev–Trinajstić information content (AvgIpc) is 2.92. The van der Waals surface area contributed by atoms with Crippen molar-refractivity contribution in [3.05, 3.63) is 51.9 Å². The lowest BCUT2D eigenvalue weighted by atomic mass is 10.3. The first-order valence-electron chi connectivity index (χ1n) is 7.08. The van der Waals surface area contributed by atoms with E-state index in [0.717, 1.165) is 0 Å². The summed E-state index contributed by atoms with van der Waals surface area (Å²) >= 11 is 5.77. The highest BCUT2D eigenvalue weighted by atomic mass is 35.5. The van der Waals surface area contributed by atoms with Gasteiger partial charge >= 0.3 is 0 Å². The van der Waals surface area contributed by atoms with Crippen molar-refractivity contribution in [3.8, 4) is 0 Å². The van der Waals surface area contributed by atoms with Crippen molar-refractivity contribution < 1.29 is 9.18 Å². The molecule has 0 aliphatic heterocycles. The SMILES string of the molecule is Cn1ncc2c(=O)n(CCC(=O)Nc3cc(Cl)ccc3F)cnc21. The van der Waals surface area contributed by atoms with Gasteiger partial charge in [0.15, 0.2) is 5.65 Å². The van der Waals surface area contributed by atoms with Gasteiger partial charge in [0.05, 0.1) is 18.2 Å². The van der Waals surface area contributed by atoms with Crippen LogP contribution >= 0.6 is 11.6 Å². The molecule has 0 aliphatic rings. The van der Waals surface area contributed by atoms with Crippen molar-refractivity contribution in [1.82, 2.24) is 19.3 Å². The maximum absolute atomic E-state index is 13.6. The number of rotatable bonds is 4. The van der Waals surface area contributed by atoms with E-state index in [0.29, 0.717) is 16.1 Å². The van der Waals surface area contributed by atoms with Gasteiger partial charge in [-0.25, -0.2) is 9.37 Å². The highest BCUT2D eigenvalue weighted by Crippen LogP contribution is 2.19. The predicted molar refractivity (Wildman–Crippen MR) is 87.4 cm³/mol. The first-order chi connectivity index (χ1) is 11.5. The summed E-state index contributed by atoms with van der Waals surface area (Å²) in [6.07, 6.45) is 2.78. The second kappa shape index (κ2) is 6.40. The maximum Gasteiger partial charge on any atom is 0.264 e. The van der Waals surface area contributed by atoms with Crippen LogP contribution in [0.15, 0.2) is 35.5 Å². The molecule has 2 aromatic heterocycles. The number of amides is 1. The van der Waals surface area contributed by atoms with E-state index in [9.17, 15) is 14.0 Å². The van der Waals surface area contributed by atoms with Crippen LogP contribution in [0.2, 0.25) is 5.02 Å². The fourth-order valence-electron chi connectivity index (χ4n) is 2.25. The Bertz CT molecular complexity index is 982. The third kappa shape index (κ3) is 3.13. The van der Waals surface area contributed by atoms with Gasteiger partial charge in [-0.3, -0.25) is 18.8 Å². The van der Waals surface area contributed by atoms with Gasteiger partial charge in [-0.05, 0) is 18.2 Å². The zero-order valence-electron chi connectivity index (χ0n) is 12.7. The molecule has 0 unspecified atom stereocenters. The Morgan fingerprint density at radius 3 is 3.00 bits per heavy atom. The van der Waals surface area contributed by atoms with Crippen molar-refractivity contribution in [2.75, 3.05) is 5.32 Å². The molecule has 3 aromatic rings. The minimum Gasteiger partial charge on any atom is -0.323 e. The van der Waals surface area contributed by atoms with E-state index >= 15 is 0 Å². The normalized spacial score (nSPS) is 11.0. The Balaban J connectivity index is 1.71. The van der Waals surface area contributed by atoms with Crippen molar-refractivity contribution in [2.24, 2.45) is 7.05 Å². The number of benzene rings is 1. The Morgan fingerprint density at radius 1 is 1.42 bits per heavy atom. The predicted octanol–water partition coefficient (Wildman–Crippen LogP) is 1.95. The number of carbonyl (C=O) groups is 1. The molecule has 0 spiro atoms. The molecule has 0 saturated carbocycles. The van der Waals surface area contributed by atoms with Gasteiger partial charge in [-0.2, -0.15) is 5.10 Å². The fraction of sp³-hybridized carbons (Fsp3) is 0.200. The summed E-state index contributed by atoms with van der Waals surface area (Å²) in [5.74, 6) is -1.02. The fourth-order valence-corrected chi connectivity index (χ4v) is 2.43. The smallest absolute Gasteiger partial charge is 0.264 e. The van der Waals surface area contributed by atoms with Gasteiger partial charge in [0, 0.05) is 25.0 Å². The molecule has 9 heteroatoms. The molecule has 0 radical (unpaired) electrons. The van der Waals surface area contributed by atoms with E-state index in [1.165, 1.54) is 40.0 Å². The molecule has 0 saturated heterocycles. The molecular formula is C15H13ClFN5O2. The van der Waals surface area contributed by atoms with E-state index in [1.807, 2.05) is 0 Å². The maximum atomic E-state index is 13.6. The Morgan fingerprint density at radius 2 is 2.21 bits per heavy atom. The summed E-state index contributed by atoms with van der Waals surface area (Å²) in [4.78, 5) is 28.4. The number of aryl methyl sites for hydroxylation is 2. The van der Waals surface area contributed by atoms with Crippen molar-refractivity contribution in [3.63, 3.8) is 0 Å². The van der Waals surface area contributed by atoms with Crippen LogP contribution in [0.1, 0.15) is 6.42 Å². The highest BCUT2D eigenvalue weighted by molar-refractivity contribution is 6.30. The third-order valence-electron chi connectivity index (χ3n) is 3.50. The topological polar surface area (TPSA) is 81.8 Å². The molecule has 124 valence electrons. The zero-order chi connectivity index (χ0) is 17.3. The summed E-state index contributed by atoms with van der Waals surface area (Å²) in [6, 6.07) is 3.88. The minimum atomic E-state index is -0.580. The monoisotopic (exact) mass is 349 g/mol. The van der Waals surface area contributed by atoms with Gasteiger partial charge in [-0.15, -0.1) is 0 Å². The van der Waals surface area contributed by atoms with Crippen LogP contribution < -0.4 is 10.9 Å². The molecule has 24 heavy (non-hydrogen) atoms. The van der Waals surface area contributed by atoms with Gasteiger partial charge in [0.1, 0.15) is 11.2 Å². The largest absolute Gasteiger partial charge is 0.323 e. The number of nitrogens with one attached hydrogen (secondary N) is 1. The van der Waals surface area contributed by atoms with Gasteiger partial charge in [0.25, 0.3) is 5.56 Å². The average molecular weight is 350 g/mol. The van der Waals surface area contributed by atoms with Crippen molar-refractivity contribution in [2.45, 2.75) is 13.0 Å². The summed E-state index contributed by atoms with van der Waals surface area (Å²) in [5, 5.41) is 7.10. The first kappa shape index (κ1) is 16.1. The van der Waals surface area contributed by atoms with Gasteiger partial charge < -0.3 is 5.32 Å². The number of carbonyl (C=O) groups excluding carboxylic acids is 1. The number of nitrogens with zero attached hydrogens (tertiary/aromatic N) is 4. The van der Waals surface area contributed by atoms with Gasteiger partial charge in [-0.1, -0.05) is 11.6 Å². The number of hydrogen-bond donors (Lipinski definition) is 1. The lowest BCUT2D eigenvalue weighted by Gasteiger charge is -2.08. The standard InChI is InChI=1S/C15H13ClFN5O2/c1-21-14-10(7-19-21)15(24)22(8-18-14)5-4-13(23)20-12-6-9(16)2-3-11(12)17/h2-3,6-8H,4-5H2,1H3,(H,20,23). The second-order valence-corrected chi connectivity index (χ2v) is 5.61. The number of anilines is 1. The van der Waals surface area contributed by atoms with Crippen molar-refractivity contribution >= 4 is 34.2 Å². The molecule has 7 nitrogen and oxygen atoms in total.